The van der Waals surface area contributed by atoms with Gasteiger partial charge < -0.3 is 34.4 Å². The lowest BCUT2D eigenvalue weighted by Gasteiger charge is -2.23. The Morgan fingerprint density at radius 2 is 1.62 bits per heavy atom. The summed E-state index contributed by atoms with van der Waals surface area (Å²) in [5, 5.41) is 9.89. The van der Waals surface area contributed by atoms with Gasteiger partial charge in [0.2, 0.25) is 0 Å². The molecule has 3 unspecified atom stereocenters. The highest BCUT2D eigenvalue weighted by Crippen LogP contribution is 2.28. The molecule has 0 aromatic heterocycles. The molecule has 160 valence electrons. The summed E-state index contributed by atoms with van der Waals surface area (Å²) in [6.45, 7) is 1.26. The van der Waals surface area contributed by atoms with E-state index in [0.29, 0.717) is 22.1 Å². The molecule has 0 aromatic carbocycles. The smallest absolute Gasteiger partial charge is 0.265 e. The molecule has 1 fully saturated rings. The van der Waals surface area contributed by atoms with Gasteiger partial charge in [-0.15, -0.1) is 0 Å². The molecule has 1 aliphatic rings. The van der Waals surface area contributed by atoms with Gasteiger partial charge in [-0.2, -0.15) is 8.42 Å². The number of carboxylic acids is 1. The van der Waals surface area contributed by atoms with Crippen molar-refractivity contribution in [1.82, 2.24) is 0 Å². The van der Waals surface area contributed by atoms with Gasteiger partial charge in [0.1, 0.15) is 6.54 Å². The number of likely N-dealkylation sites (tertiary alicyclic amines) is 1. The maximum absolute atomic E-state index is 10.8. The molecule has 13 heteroatoms. The zero-order valence-corrected chi connectivity index (χ0v) is 17.4. The van der Waals surface area contributed by atoms with Crippen LogP contribution in [0.1, 0.15) is 0 Å². The van der Waals surface area contributed by atoms with Gasteiger partial charge in [-0.3, -0.25) is 8.76 Å². The summed E-state index contributed by atoms with van der Waals surface area (Å²) in [6, 6.07) is 0. The van der Waals surface area contributed by atoms with Gasteiger partial charge >= 0.3 is 0 Å². The molecule has 0 saturated carbocycles. The Kier molecular flexibility index (Phi) is 13.0. The highest BCUT2D eigenvalue weighted by molar-refractivity contribution is 7.85. The van der Waals surface area contributed by atoms with Gasteiger partial charge in [-0.1, -0.05) is 11.1 Å². The number of hydrogen-bond acceptors (Lipinski definition) is 6. The first-order valence-corrected chi connectivity index (χ1v) is 10.2. The van der Waals surface area contributed by atoms with Crippen LogP contribution in [0.4, 0.5) is 0 Å². The highest BCUT2D eigenvalue weighted by Gasteiger charge is 2.41. The largest absolute Gasteiger partial charge is 0.772 e. The average Bonchev–Trinajstić information content (AvgIpc) is 2.45. The molecule has 0 bridgehead atoms. The maximum atomic E-state index is 10.8. The molecule has 1 rings (SSSR count). The Balaban J connectivity index is -0.000000457. The molecular formula is C13H32N2O9S2. The van der Waals surface area contributed by atoms with E-state index in [-0.39, 0.29) is 40.8 Å². The van der Waals surface area contributed by atoms with Gasteiger partial charge in [0.05, 0.1) is 60.1 Å². The monoisotopic (exact) mass is 424 g/mol. The van der Waals surface area contributed by atoms with Crippen molar-refractivity contribution in [3.05, 3.63) is 0 Å². The van der Waals surface area contributed by atoms with E-state index in [9.17, 15) is 27.1 Å². The predicted octanol–water partition coefficient (Wildman–Crippen LogP) is -4.13. The summed E-state index contributed by atoms with van der Waals surface area (Å²) in [6.07, 6.45) is 0. The van der Waals surface area contributed by atoms with Crippen LogP contribution in [0.5, 0.6) is 0 Å². The summed E-state index contributed by atoms with van der Waals surface area (Å²) in [7, 11) is 5.21. The first kappa shape index (κ1) is 30.1. The fourth-order valence-corrected chi connectivity index (χ4v) is 4.50. The fraction of sp³-hybridized carbons (Fsp3) is 0.923. The Morgan fingerprint density at radius 3 is 1.88 bits per heavy atom. The molecule has 11 nitrogen and oxygen atoms in total. The van der Waals surface area contributed by atoms with E-state index in [1.165, 1.54) is 0 Å². The number of nitrogens with zero attached hydrogens (tertiary/aromatic N) is 2. The van der Waals surface area contributed by atoms with Crippen molar-refractivity contribution < 1.29 is 51.6 Å². The third kappa shape index (κ3) is 15.6. The van der Waals surface area contributed by atoms with Crippen LogP contribution < -0.4 is 5.11 Å². The van der Waals surface area contributed by atoms with E-state index in [0.717, 1.165) is 0 Å². The van der Waals surface area contributed by atoms with Crippen molar-refractivity contribution in [3.8, 4) is 0 Å². The van der Waals surface area contributed by atoms with Crippen LogP contribution in [0.2, 0.25) is 0 Å². The number of hydrogen-bond donors (Lipinski definition) is 1. The lowest BCUT2D eigenvalue weighted by Crippen LogP contribution is -2.45. The summed E-state index contributed by atoms with van der Waals surface area (Å²) in [5.74, 6) is -1.88. The minimum absolute atomic E-state index is 0. The van der Waals surface area contributed by atoms with Gasteiger partial charge in [-0.05, 0) is 0 Å². The van der Waals surface area contributed by atoms with Crippen molar-refractivity contribution in [2.45, 2.75) is 0 Å². The number of likely N-dealkylation sites (N-methyl/N-ethyl adjacent to an activating group) is 1. The second-order valence-electron chi connectivity index (χ2n) is 7.86. The second kappa shape index (κ2) is 11.2. The van der Waals surface area contributed by atoms with Crippen LogP contribution in [0, 0.1) is 11.8 Å². The number of quaternary nitrogens is 2. The van der Waals surface area contributed by atoms with E-state index in [1.54, 1.807) is 21.1 Å². The lowest BCUT2D eigenvalue weighted by atomic mass is 10.0. The van der Waals surface area contributed by atoms with Crippen molar-refractivity contribution in [3.63, 3.8) is 0 Å². The van der Waals surface area contributed by atoms with E-state index in [4.69, 9.17) is 4.55 Å². The molecular weight excluding hydrogens is 392 g/mol. The van der Waals surface area contributed by atoms with Crippen LogP contribution in [0.25, 0.3) is 0 Å². The predicted molar refractivity (Wildman–Crippen MR) is 94.2 cm³/mol. The SMILES string of the molecule is C[N+](C)(C)CC(=O)[O-].C[N+]1(C)CC(CS(=O)[O-])C(CS(=O)(=O)O)C1.O.O. The molecule has 3 atom stereocenters. The average molecular weight is 425 g/mol. The molecule has 0 aliphatic carbocycles. The van der Waals surface area contributed by atoms with Crippen molar-refractivity contribution in [1.29, 1.82) is 0 Å². The third-order valence-corrected chi connectivity index (χ3v) is 5.05. The summed E-state index contributed by atoms with van der Waals surface area (Å²) in [4.78, 5) is 9.89. The van der Waals surface area contributed by atoms with Crippen molar-refractivity contribution in [2.75, 3.05) is 66.4 Å². The summed E-state index contributed by atoms with van der Waals surface area (Å²) < 4.78 is 52.8. The molecule has 1 aliphatic heterocycles. The molecule has 0 amide bonds. The number of aliphatic carboxylic acids is 1. The first-order valence-electron chi connectivity index (χ1n) is 7.34. The van der Waals surface area contributed by atoms with Crippen molar-refractivity contribution >= 4 is 27.2 Å². The number of carboxylic acid groups (broad SMARTS) is 1. The second-order valence-corrected chi connectivity index (χ2v) is 10.3. The van der Waals surface area contributed by atoms with E-state index in [1.807, 2.05) is 14.1 Å². The Hall–Kier alpha value is -0.670. The van der Waals surface area contributed by atoms with Crippen LogP contribution in [-0.2, 0) is 26.0 Å². The number of rotatable bonds is 6. The molecule has 0 radical (unpaired) electrons. The van der Waals surface area contributed by atoms with Gasteiger partial charge in [-0.25, -0.2) is 0 Å². The maximum Gasteiger partial charge on any atom is 0.265 e. The van der Waals surface area contributed by atoms with E-state index >= 15 is 0 Å². The van der Waals surface area contributed by atoms with Crippen LogP contribution in [0.15, 0.2) is 0 Å². The summed E-state index contributed by atoms with van der Waals surface area (Å²) >= 11 is -2.17. The van der Waals surface area contributed by atoms with E-state index < -0.39 is 27.2 Å². The molecule has 0 spiro atoms. The minimum Gasteiger partial charge on any atom is -0.772 e. The minimum atomic E-state index is -4.04. The molecule has 5 N–H and O–H groups in total. The van der Waals surface area contributed by atoms with Gasteiger partial charge in [0, 0.05) is 17.6 Å². The van der Waals surface area contributed by atoms with Crippen molar-refractivity contribution in [2.24, 2.45) is 11.8 Å². The Bertz CT molecular complexity index is 558. The van der Waals surface area contributed by atoms with Crippen LogP contribution in [0.3, 0.4) is 0 Å². The quantitative estimate of drug-likeness (QED) is 0.253. The zero-order valence-electron chi connectivity index (χ0n) is 15.8. The Morgan fingerprint density at radius 1 is 1.19 bits per heavy atom. The molecule has 1 saturated heterocycles. The molecule has 0 aromatic rings. The standard InChI is InChI=1S/C8H17NO5S2.C5H11NO2.2H2O/c1-9(2)3-7(5-15(10)11)8(4-9)6-16(12,13)14;1-6(2,3)4-5(7)8;;/h7-8H,3-6H2,1-2H3,(H-,10,11,12,13,14);4H2,1-3H3;2*1H2. The number of carbonyl (C=O) groups excluding carboxylic acids is 1. The zero-order chi connectivity index (χ0) is 19.3. The van der Waals surface area contributed by atoms with Gasteiger partial charge in [0.25, 0.3) is 10.1 Å². The topological polar surface area (TPSA) is 198 Å². The van der Waals surface area contributed by atoms with Crippen LogP contribution >= 0.6 is 0 Å². The normalized spacial score (nSPS) is 22.9. The Labute approximate surface area is 157 Å². The van der Waals surface area contributed by atoms with Gasteiger partial charge in [0.15, 0.2) is 0 Å². The van der Waals surface area contributed by atoms with Crippen LogP contribution in [-0.4, -0.2) is 114 Å². The number of carbonyl (C=O) groups is 1. The first-order chi connectivity index (χ1) is 10.5. The highest BCUT2D eigenvalue weighted by atomic mass is 32.2. The fourth-order valence-electron chi connectivity index (χ4n) is 2.85. The molecule has 26 heavy (non-hydrogen) atoms. The summed E-state index contributed by atoms with van der Waals surface area (Å²) in [5.41, 5.74) is 0. The van der Waals surface area contributed by atoms with E-state index in [2.05, 4.69) is 0 Å². The third-order valence-electron chi connectivity index (χ3n) is 3.50. The molecule has 1 heterocycles. The lowest BCUT2D eigenvalue weighted by molar-refractivity contribution is -0.880.